The van der Waals surface area contributed by atoms with Crippen molar-refractivity contribution >= 4 is 29.1 Å². The molecule has 3 heterocycles. The Hall–Kier alpha value is -5.81. The fraction of sp³-hybridized carbons (Fsp3) is 0.184. The van der Waals surface area contributed by atoms with Crippen LogP contribution in [-0.2, 0) is 16.1 Å². The molecule has 0 radical (unpaired) electrons. The molecular formula is C38H32N2O8S. The van der Waals surface area contributed by atoms with Gasteiger partial charge in [0.1, 0.15) is 12.4 Å². The van der Waals surface area contributed by atoms with Crippen LogP contribution in [0, 0.1) is 0 Å². The lowest BCUT2D eigenvalue weighted by molar-refractivity contribution is -0.138. The van der Waals surface area contributed by atoms with Crippen LogP contribution in [-0.4, -0.2) is 38.2 Å². The molecule has 0 saturated carbocycles. The molecule has 0 amide bonds. The van der Waals surface area contributed by atoms with E-state index in [0.717, 1.165) is 16.7 Å². The van der Waals surface area contributed by atoms with Crippen LogP contribution in [0.2, 0.25) is 0 Å². The molecule has 49 heavy (non-hydrogen) atoms. The van der Waals surface area contributed by atoms with Gasteiger partial charge in [0.25, 0.3) is 5.56 Å². The molecule has 0 bridgehead atoms. The Labute approximate surface area is 285 Å². The van der Waals surface area contributed by atoms with Crippen molar-refractivity contribution in [2.75, 3.05) is 27.6 Å². The van der Waals surface area contributed by atoms with Gasteiger partial charge in [-0.05, 0) is 66.1 Å². The van der Waals surface area contributed by atoms with Gasteiger partial charge in [-0.3, -0.25) is 9.36 Å². The highest BCUT2D eigenvalue weighted by Crippen LogP contribution is 2.36. The zero-order chi connectivity index (χ0) is 33.9. The molecular weight excluding hydrogens is 644 g/mol. The van der Waals surface area contributed by atoms with Crippen molar-refractivity contribution < 1.29 is 33.2 Å². The van der Waals surface area contributed by atoms with Crippen molar-refractivity contribution in [3.8, 4) is 28.7 Å². The van der Waals surface area contributed by atoms with Crippen LogP contribution in [0.5, 0.6) is 28.7 Å². The lowest BCUT2D eigenvalue weighted by Crippen LogP contribution is -2.40. The molecule has 0 fully saturated rings. The second-order valence-corrected chi connectivity index (χ2v) is 12.1. The number of methoxy groups -OCH3 is 2. The van der Waals surface area contributed by atoms with Crippen LogP contribution in [0.25, 0.3) is 11.8 Å². The number of esters is 1. The van der Waals surface area contributed by atoms with Gasteiger partial charge in [0, 0.05) is 5.56 Å². The molecule has 5 aromatic rings. The van der Waals surface area contributed by atoms with Crippen molar-refractivity contribution in [3.63, 3.8) is 0 Å². The van der Waals surface area contributed by atoms with Crippen LogP contribution < -0.4 is 38.6 Å². The fourth-order valence-electron chi connectivity index (χ4n) is 5.78. The molecule has 11 heteroatoms. The summed E-state index contributed by atoms with van der Waals surface area (Å²) in [6, 6.07) is 27.1. The van der Waals surface area contributed by atoms with Gasteiger partial charge in [-0.2, -0.15) is 0 Å². The quantitative estimate of drug-likeness (QED) is 0.185. The summed E-state index contributed by atoms with van der Waals surface area (Å²) >= 11 is 1.25. The number of carbonyl (C=O) groups excluding carboxylic acids is 1. The summed E-state index contributed by atoms with van der Waals surface area (Å²) in [4.78, 5) is 33.3. The van der Waals surface area contributed by atoms with Gasteiger partial charge in [0.2, 0.25) is 6.79 Å². The van der Waals surface area contributed by atoms with E-state index < -0.39 is 12.0 Å². The first-order chi connectivity index (χ1) is 24.0. The van der Waals surface area contributed by atoms with Crippen LogP contribution >= 0.6 is 11.3 Å². The molecule has 2 aliphatic heterocycles. The van der Waals surface area contributed by atoms with Gasteiger partial charge in [-0.1, -0.05) is 65.9 Å². The topological polar surface area (TPSA) is 107 Å². The Balaban J connectivity index is 1.30. The standard InChI is InChI=1S/C38H32N2O8S/c1-4-45-37(42)33-34(25-8-6-5-7-9-25)39-38-40(35(33)26-12-14-27(43-2)15-13-26)36(41)32(49-38)20-23-10-16-28(30(18-23)44-3)46-21-24-11-17-29-31(19-24)48-22-47-29/h5-20,35H,4,21-22H2,1-3H3/b32-20-/t35-/m0/s1. The maximum atomic E-state index is 14.3. The van der Waals surface area contributed by atoms with Crippen molar-refractivity contribution in [3.05, 3.63) is 139 Å². The third-order valence-electron chi connectivity index (χ3n) is 8.12. The number of nitrogens with zero attached hydrogens (tertiary/aromatic N) is 2. The lowest BCUT2D eigenvalue weighted by Gasteiger charge is -2.26. The fourth-order valence-corrected chi connectivity index (χ4v) is 6.78. The van der Waals surface area contributed by atoms with Gasteiger partial charge in [0.05, 0.1) is 42.7 Å². The van der Waals surface area contributed by atoms with E-state index in [2.05, 4.69) is 0 Å². The molecule has 0 aliphatic carbocycles. The van der Waals surface area contributed by atoms with Gasteiger partial charge in [-0.15, -0.1) is 0 Å². The molecule has 0 unspecified atom stereocenters. The summed E-state index contributed by atoms with van der Waals surface area (Å²) in [5, 5.41) is 0. The van der Waals surface area contributed by atoms with Crippen molar-refractivity contribution in [1.82, 2.24) is 4.57 Å². The number of thiazole rings is 1. The van der Waals surface area contributed by atoms with Crippen LogP contribution in [0.15, 0.2) is 106 Å². The van der Waals surface area contributed by atoms with Gasteiger partial charge in [-0.25, -0.2) is 9.79 Å². The first kappa shape index (κ1) is 31.8. The van der Waals surface area contributed by atoms with Crippen LogP contribution in [0.1, 0.15) is 35.2 Å². The number of hydrogen-bond acceptors (Lipinski definition) is 10. The predicted octanol–water partition coefficient (Wildman–Crippen LogP) is 5.26. The average Bonchev–Trinajstić information content (AvgIpc) is 3.74. The maximum Gasteiger partial charge on any atom is 0.338 e. The number of fused-ring (bicyclic) bond motifs is 2. The highest BCUT2D eigenvalue weighted by molar-refractivity contribution is 7.07. The maximum absolute atomic E-state index is 14.3. The van der Waals surface area contributed by atoms with E-state index in [-0.39, 0.29) is 24.5 Å². The van der Waals surface area contributed by atoms with Crippen molar-refractivity contribution in [2.45, 2.75) is 19.6 Å². The number of benzene rings is 4. The summed E-state index contributed by atoms with van der Waals surface area (Å²) in [5.74, 6) is 2.56. The third-order valence-corrected chi connectivity index (χ3v) is 9.10. The molecule has 7 rings (SSSR count). The number of ether oxygens (including phenoxy) is 6. The molecule has 10 nitrogen and oxygen atoms in total. The molecule has 0 spiro atoms. The lowest BCUT2D eigenvalue weighted by atomic mass is 9.93. The number of carbonyl (C=O) groups is 1. The normalized spacial score (nSPS) is 15.0. The summed E-state index contributed by atoms with van der Waals surface area (Å²) in [6.45, 7) is 2.42. The SMILES string of the molecule is CCOC(=O)C1=C(c2ccccc2)N=c2s/c(=C\c3ccc(OCc4ccc5c(c4)OCO5)c(OC)c3)c(=O)n2[C@H]1c1ccc(OC)cc1. The minimum Gasteiger partial charge on any atom is -0.497 e. The van der Waals surface area contributed by atoms with Gasteiger partial charge >= 0.3 is 5.97 Å². The molecule has 248 valence electrons. The van der Waals surface area contributed by atoms with E-state index in [4.69, 9.17) is 33.4 Å². The molecule has 1 atom stereocenters. The van der Waals surface area contributed by atoms with E-state index in [1.54, 1.807) is 50.0 Å². The Morgan fingerprint density at radius 1 is 0.939 bits per heavy atom. The minimum absolute atomic E-state index is 0.169. The number of rotatable bonds is 10. The monoisotopic (exact) mass is 676 g/mol. The third kappa shape index (κ3) is 6.28. The molecule has 4 aromatic carbocycles. The van der Waals surface area contributed by atoms with Gasteiger partial charge < -0.3 is 28.4 Å². The Morgan fingerprint density at radius 2 is 1.73 bits per heavy atom. The van der Waals surface area contributed by atoms with Crippen LogP contribution in [0.3, 0.4) is 0 Å². The Bertz CT molecular complexity index is 2240. The molecule has 0 N–H and O–H groups in total. The van der Waals surface area contributed by atoms with E-state index in [1.165, 1.54) is 11.3 Å². The second-order valence-electron chi connectivity index (χ2n) is 11.1. The smallest absolute Gasteiger partial charge is 0.338 e. The zero-order valence-corrected chi connectivity index (χ0v) is 27.8. The highest BCUT2D eigenvalue weighted by Gasteiger charge is 2.35. The first-order valence-corrected chi connectivity index (χ1v) is 16.4. The highest BCUT2D eigenvalue weighted by atomic mass is 32.1. The van der Waals surface area contributed by atoms with E-state index in [9.17, 15) is 9.59 Å². The number of hydrogen-bond donors (Lipinski definition) is 0. The van der Waals surface area contributed by atoms with Crippen molar-refractivity contribution in [1.29, 1.82) is 0 Å². The Kier molecular flexibility index (Phi) is 8.91. The minimum atomic E-state index is -0.792. The summed E-state index contributed by atoms with van der Waals surface area (Å²) in [6.07, 6.45) is 1.79. The number of aromatic nitrogens is 1. The summed E-state index contributed by atoms with van der Waals surface area (Å²) in [7, 11) is 3.15. The predicted molar refractivity (Wildman–Crippen MR) is 184 cm³/mol. The van der Waals surface area contributed by atoms with Crippen LogP contribution in [0.4, 0.5) is 0 Å². The molecule has 0 saturated heterocycles. The first-order valence-electron chi connectivity index (χ1n) is 15.6. The zero-order valence-electron chi connectivity index (χ0n) is 27.0. The molecule has 2 aliphatic rings. The summed E-state index contributed by atoms with van der Waals surface area (Å²) in [5.41, 5.74) is 3.54. The summed E-state index contributed by atoms with van der Waals surface area (Å²) < 4.78 is 35.6. The van der Waals surface area contributed by atoms with Crippen molar-refractivity contribution in [2.24, 2.45) is 4.99 Å². The van der Waals surface area contributed by atoms with E-state index in [1.807, 2.05) is 72.8 Å². The van der Waals surface area contributed by atoms with E-state index in [0.29, 0.717) is 55.9 Å². The molecule has 1 aromatic heterocycles. The largest absolute Gasteiger partial charge is 0.497 e. The average molecular weight is 677 g/mol. The van der Waals surface area contributed by atoms with E-state index >= 15 is 0 Å². The Morgan fingerprint density at radius 3 is 2.49 bits per heavy atom. The second kappa shape index (κ2) is 13.7. The van der Waals surface area contributed by atoms with Gasteiger partial charge in [0.15, 0.2) is 27.8 Å².